The van der Waals surface area contributed by atoms with E-state index in [1.165, 1.54) is 0 Å². The number of aryl methyl sites for hydroxylation is 1. The van der Waals surface area contributed by atoms with Gasteiger partial charge in [-0.2, -0.15) is 0 Å². The van der Waals surface area contributed by atoms with Gasteiger partial charge < -0.3 is 19.9 Å². The zero-order valence-electron chi connectivity index (χ0n) is 16.6. The molecule has 0 aliphatic carbocycles. The molecule has 1 aromatic rings. The Morgan fingerprint density at radius 2 is 2.19 bits per heavy atom. The lowest BCUT2D eigenvalue weighted by molar-refractivity contribution is -0.138. The molecule has 0 bridgehead atoms. The third kappa shape index (κ3) is 5.84. The number of halogens is 1. The number of hydrogen-bond donors (Lipinski definition) is 1. The number of likely N-dealkylation sites (tertiary alicyclic amines) is 1. The van der Waals surface area contributed by atoms with Gasteiger partial charge in [-0.25, -0.2) is 4.79 Å². The van der Waals surface area contributed by atoms with Crippen molar-refractivity contribution in [2.45, 2.75) is 39.3 Å². The third-order valence-electron chi connectivity index (χ3n) is 5.08. The monoisotopic (exact) mass is 395 g/mol. The van der Waals surface area contributed by atoms with Crippen LogP contribution in [0.5, 0.6) is 0 Å². The summed E-state index contributed by atoms with van der Waals surface area (Å²) in [6.07, 6.45) is 1.79. The number of nitrogens with zero attached hydrogens (tertiary/aromatic N) is 2. The van der Waals surface area contributed by atoms with Gasteiger partial charge in [-0.3, -0.25) is 4.79 Å². The van der Waals surface area contributed by atoms with Crippen LogP contribution in [-0.4, -0.2) is 61.6 Å². The van der Waals surface area contributed by atoms with Crippen molar-refractivity contribution < 1.29 is 14.3 Å². The van der Waals surface area contributed by atoms with Crippen LogP contribution in [0.2, 0.25) is 5.02 Å². The molecule has 1 N–H and O–H groups in total. The van der Waals surface area contributed by atoms with Crippen molar-refractivity contribution in [1.82, 2.24) is 15.1 Å². The van der Waals surface area contributed by atoms with Crippen molar-refractivity contribution >= 4 is 23.5 Å². The summed E-state index contributed by atoms with van der Waals surface area (Å²) in [5, 5.41) is 3.67. The molecule has 0 unspecified atom stereocenters. The second-order valence-electron chi connectivity index (χ2n) is 7.29. The maximum Gasteiger partial charge on any atom is 0.317 e. The first kappa shape index (κ1) is 21.5. The number of benzene rings is 1. The van der Waals surface area contributed by atoms with Crippen molar-refractivity contribution in [2.75, 3.05) is 33.9 Å². The van der Waals surface area contributed by atoms with E-state index < -0.39 is 0 Å². The van der Waals surface area contributed by atoms with E-state index >= 15 is 0 Å². The van der Waals surface area contributed by atoms with Crippen LogP contribution in [0.3, 0.4) is 0 Å². The van der Waals surface area contributed by atoms with Crippen molar-refractivity contribution in [2.24, 2.45) is 5.92 Å². The summed E-state index contributed by atoms with van der Waals surface area (Å²) >= 11 is 6.04. The van der Waals surface area contributed by atoms with Crippen LogP contribution in [0.1, 0.15) is 30.9 Å². The van der Waals surface area contributed by atoms with E-state index in [1.807, 2.05) is 36.9 Å². The van der Waals surface area contributed by atoms with Gasteiger partial charge in [0.15, 0.2) is 0 Å². The quantitative estimate of drug-likeness (QED) is 0.805. The lowest BCUT2D eigenvalue weighted by atomic mass is 10.0. The standard InChI is InChI=1S/C20H30ClN3O3/c1-14-10-16(7-8-18(14)21)11-22-20(26)23(3)17-6-5-9-24(12-17)19(25)15(2)13-27-4/h7-8,10,15,17H,5-6,9,11-13H2,1-4H3,(H,22,26)/t15-,17+/m0/s1. The number of methoxy groups -OCH3 is 1. The molecule has 1 saturated heterocycles. The predicted molar refractivity (Wildman–Crippen MR) is 107 cm³/mol. The van der Waals surface area contributed by atoms with Crippen LogP contribution in [-0.2, 0) is 16.1 Å². The zero-order chi connectivity index (χ0) is 20.0. The smallest absolute Gasteiger partial charge is 0.317 e. The normalized spacial score (nSPS) is 18.1. The SMILES string of the molecule is COC[C@H](C)C(=O)N1CCC[C@@H](N(C)C(=O)NCc2ccc(Cl)c(C)c2)C1. The highest BCUT2D eigenvalue weighted by Crippen LogP contribution is 2.18. The largest absolute Gasteiger partial charge is 0.384 e. The highest BCUT2D eigenvalue weighted by atomic mass is 35.5. The van der Waals surface area contributed by atoms with E-state index in [1.54, 1.807) is 19.1 Å². The first-order valence-electron chi connectivity index (χ1n) is 9.37. The van der Waals surface area contributed by atoms with Gasteiger partial charge in [0.2, 0.25) is 5.91 Å². The molecule has 1 aliphatic heterocycles. The van der Waals surface area contributed by atoms with Crippen LogP contribution in [0.25, 0.3) is 0 Å². The summed E-state index contributed by atoms with van der Waals surface area (Å²) in [6, 6.07) is 5.61. The number of rotatable bonds is 6. The van der Waals surface area contributed by atoms with Crippen LogP contribution >= 0.6 is 11.6 Å². The second kappa shape index (κ2) is 9.95. The topological polar surface area (TPSA) is 61.9 Å². The molecule has 7 heteroatoms. The molecule has 1 heterocycles. The molecule has 1 aromatic carbocycles. The van der Waals surface area contributed by atoms with Gasteiger partial charge >= 0.3 is 6.03 Å². The van der Waals surface area contributed by atoms with Crippen LogP contribution in [0.4, 0.5) is 4.79 Å². The fourth-order valence-corrected chi connectivity index (χ4v) is 3.51. The minimum atomic E-state index is -0.166. The lowest BCUT2D eigenvalue weighted by Crippen LogP contribution is -2.53. The number of amides is 3. The molecule has 150 valence electrons. The van der Waals surface area contributed by atoms with E-state index in [0.717, 1.165) is 35.5 Å². The van der Waals surface area contributed by atoms with Gasteiger partial charge in [0.1, 0.15) is 0 Å². The summed E-state index contributed by atoms with van der Waals surface area (Å²) in [7, 11) is 3.39. The Morgan fingerprint density at radius 3 is 2.85 bits per heavy atom. The third-order valence-corrected chi connectivity index (χ3v) is 5.50. The van der Waals surface area contributed by atoms with E-state index in [4.69, 9.17) is 16.3 Å². The molecule has 6 nitrogen and oxygen atoms in total. The molecule has 3 amide bonds. The number of piperidine rings is 1. The fourth-order valence-electron chi connectivity index (χ4n) is 3.39. The highest BCUT2D eigenvalue weighted by Gasteiger charge is 2.30. The number of nitrogens with one attached hydrogen (secondary N) is 1. The maximum atomic E-state index is 12.5. The number of carbonyl (C=O) groups excluding carboxylic acids is 2. The Morgan fingerprint density at radius 1 is 1.44 bits per heavy atom. The minimum Gasteiger partial charge on any atom is -0.384 e. The number of likely N-dealkylation sites (N-methyl/N-ethyl adjacent to an activating group) is 1. The van der Waals surface area contributed by atoms with Gasteiger partial charge in [0.25, 0.3) is 0 Å². The number of hydrogen-bond acceptors (Lipinski definition) is 3. The number of urea groups is 1. The molecule has 0 aromatic heterocycles. The molecule has 0 spiro atoms. The average molecular weight is 396 g/mol. The summed E-state index contributed by atoms with van der Waals surface area (Å²) in [4.78, 5) is 28.6. The van der Waals surface area contributed by atoms with Crippen molar-refractivity contribution in [3.05, 3.63) is 34.3 Å². The van der Waals surface area contributed by atoms with Gasteiger partial charge in [0, 0.05) is 38.8 Å². The van der Waals surface area contributed by atoms with Gasteiger partial charge in [-0.15, -0.1) is 0 Å². The van der Waals surface area contributed by atoms with Crippen LogP contribution in [0, 0.1) is 12.8 Å². The van der Waals surface area contributed by atoms with Crippen molar-refractivity contribution in [3.8, 4) is 0 Å². The summed E-state index contributed by atoms with van der Waals surface area (Å²) in [5.41, 5.74) is 2.00. The average Bonchev–Trinajstić information content (AvgIpc) is 2.67. The first-order valence-corrected chi connectivity index (χ1v) is 9.74. The van der Waals surface area contributed by atoms with E-state index in [2.05, 4.69) is 5.32 Å². The molecular formula is C20H30ClN3O3. The number of carbonyl (C=O) groups is 2. The molecule has 2 atom stereocenters. The summed E-state index contributed by atoms with van der Waals surface area (Å²) < 4.78 is 5.09. The van der Waals surface area contributed by atoms with E-state index in [0.29, 0.717) is 19.7 Å². The molecule has 0 radical (unpaired) electrons. The zero-order valence-corrected chi connectivity index (χ0v) is 17.4. The van der Waals surface area contributed by atoms with Crippen LogP contribution in [0.15, 0.2) is 18.2 Å². The Bertz CT molecular complexity index is 668. The molecule has 1 aliphatic rings. The Balaban J connectivity index is 1.89. The van der Waals surface area contributed by atoms with Gasteiger partial charge in [-0.1, -0.05) is 30.7 Å². The molecule has 0 saturated carbocycles. The summed E-state index contributed by atoms with van der Waals surface area (Å²) in [5.74, 6) is -0.0759. The lowest BCUT2D eigenvalue weighted by Gasteiger charge is -2.38. The highest BCUT2D eigenvalue weighted by molar-refractivity contribution is 6.31. The Labute approximate surface area is 166 Å². The van der Waals surface area contributed by atoms with E-state index in [-0.39, 0.29) is 23.9 Å². The van der Waals surface area contributed by atoms with Gasteiger partial charge in [0.05, 0.1) is 18.6 Å². The fraction of sp³-hybridized carbons (Fsp3) is 0.600. The Kier molecular flexibility index (Phi) is 7.92. The first-order chi connectivity index (χ1) is 12.8. The van der Waals surface area contributed by atoms with Crippen LogP contribution < -0.4 is 5.32 Å². The molecule has 1 fully saturated rings. The number of ether oxygens (including phenoxy) is 1. The Hall–Kier alpha value is -1.79. The van der Waals surface area contributed by atoms with Crippen molar-refractivity contribution in [3.63, 3.8) is 0 Å². The maximum absolute atomic E-state index is 12.5. The van der Waals surface area contributed by atoms with Crippen molar-refractivity contribution in [1.29, 1.82) is 0 Å². The predicted octanol–water partition coefficient (Wildman–Crippen LogP) is 3.06. The summed E-state index contributed by atoms with van der Waals surface area (Å²) in [6.45, 7) is 5.98. The molecule has 2 rings (SSSR count). The second-order valence-corrected chi connectivity index (χ2v) is 7.70. The van der Waals surface area contributed by atoms with Gasteiger partial charge in [-0.05, 0) is 37.0 Å². The van der Waals surface area contributed by atoms with E-state index in [9.17, 15) is 9.59 Å². The molecule has 27 heavy (non-hydrogen) atoms. The minimum absolute atomic E-state index is 0.0180. The molecular weight excluding hydrogens is 366 g/mol.